The minimum Gasteiger partial charge on any atom is -0.477 e. The summed E-state index contributed by atoms with van der Waals surface area (Å²) < 4.78 is 17.3. The Morgan fingerprint density at radius 2 is 0.869 bits per heavy atom. The Balaban J connectivity index is 4.28. The van der Waals surface area contributed by atoms with E-state index in [-0.39, 0.29) is 42.7 Å². The Hall–Kier alpha value is -3.23. The quantitative estimate of drug-likeness (QED) is 0.0282. The van der Waals surface area contributed by atoms with Crippen LogP contribution in [0.25, 0.3) is 0 Å². The molecule has 0 saturated carbocycles. The zero-order valence-corrected chi connectivity index (χ0v) is 39.8. The van der Waals surface area contributed by atoms with Crippen LogP contribution < -0.4 is 0 Å². The van der Waals surface area contributed by atoms with Gasteiger partial charge < -0.3 is 23.8 Å². The molecule has 0 aromatic carbocycles. The van der Waals surface area contributed by atoms with Crippen LogP contribution in [0.2, 0.25) is 0 Å². The summed E-state index contributed by atoms with van der Waals surface area (Å²) >= 11 is 0. The van der Waals surface area contributed by atoms with E-state index in [1.165, 1.54) is 77.0 Å². The molecule has 8 heteroatoms. The molecule has 1 N–H and O–H groups in total. The average Bonchev–Trinajstić information content (AvgIpc) is 3.22. The van der Waals surface area contributed by atoms with Crippen molar-refractivity contribution in [3.63, 3.8) is 0 Å². The Morgan fingerprint density at radius 1 is 0.492 bits per heavy atom. The monoisotopic (exact) mass is 855 g/mol. The number of hydrogen-bond donors (Lipinski definition) is 1. The smallest absolute Gasteiger partial charge is 0.362 e. The molecule has 0 bridgehead atoms. The molecule has 0 radical (unpaired) electrons. The van der Waals surface area contributed by atoms with E-state index in [1.54, 1.807) is 0 Å². The van der Waals surface area contributed by atoms with Crippen LogP contribution in [0.15, 0.2) is 72.9 Å². The van der Waals surface area contributed by atoms with Gasteiger partial charge in [-0.1, -0.05) is 170 Å². The van der Waals surface area contributed by atoms with Gasteiger partial charge in [-0.2, -0.15) is 0 Å². The van der Waals surface area contributed by atoms with E-state index in [1.807, 2.05) is 21.1 Å². The number of ether oxygens (including phenoxy) is 3. The molecule has 350 valence electrons. The fourth-order valence-corrected chi connectivity index (χ4v) is 6.89. The van der Waals surface area contributed by atoms with Gasteiger partial charge in [0.15, 0.2) is 12.1 Å². The fourth-order valence-electron chi connectivity index (χ4n) is 6.89. The van der Waals surface area contributed by atoms with Gasteiger partial charge >= 0.3 is 17.9 Å². The fraction of sp³-hybridized carbons (Fsp3) is 0.717. The van der Waals surface area contributed by atoms with Gasteiger partial charge in [0, 0.05) is 19.3 Å². The lowest BCUT2D eigenvalue weighted by molar-refractivity contribution is -0.887. The standard InChI is InChI=1S/C53H91NO7/c1-6-8-10-12-14-16-18-20-22-24-25-26-27-28-30-31-33-35-37-39-41-43-51(55)60-48-49(47-59-46-45-50(53(57)58)54(3,4)5)61-52(56)44-42-40-38-36-34-32-29-23-21-19-17-15-13-11-9-7-2/h8-11,14-17,21,23,32,34,49-50H,6-7,12-13,18-20,22,24-31,33,35-48H2,1-5H3/p+1/b10-8+,11-9+,16-14+,17-15+,23-21+,34-32+. The second-order valence-electron chi connectivity index (χ2n) is 17.3. The van der Waals surface area contributed by atoms with Crippen LogP contribution in [0, 0.1) is 0 Å². The van der Waals surface area contributed by atoms with Gasteiger partial charge in [0.2, 0.25) is 0 Å². The molecule has 0 aromatic heterocycles. The molecule has 61 heavy (non-hydrogen) atoms. The predicted molar refractivity (Wildman–Crippen MR) is 257 cm³/mol. The summed E-state index contributed by atoms with van der Waals surface area (Å²) in [6.45, 7) is 4.49. The summed E-state index contributed by atoms with van der Waals surface area (Å²) in [4.78, 5) is 37.1. The number of unbranched alkanes of at least 4 members (excludes halogenated alkanes) is 17. The molecule has 0 aliphatic carbocycles. The van der Waals surface area contributed by atoms with Crippen molar-refractivity contribution in [3.8, 4) is 0 Å². The number of allylic oxidation sites excluding steroid dienone is 12. The Bertz CT molecular complexity index is 1230. The number of carboxylic acids is 1. The van der Waals surface area contributed by atoms with Crippen LogP contribution in [-0.4, -0.2) is 80.6 Å². The number of quaternary nitrogens is 1. The van der Waals surface area contributed by atoms with E-state index in [0.29, 0.717) is 12.8 Å². The lowest BCUT2D eigenvalue weighted by Crippen LogP contribution is -2.50. The highest BCUT2D eigenvalue weighted by Gasteiger charge is 2.31. The third kappa shape index (κ3) is 41.9. The van der Waals surface area contributed by atoms with Crippen molar-refractivity contribution in [2.75, 3.05) is 41.0 Å². The molecule has 0 aromatic rings. The van der Waals surface area contributed by atoms with E-state index >= 15 is 0 Å². The second-order valence-corrected chi connectivity index (χ2v) is 17.3. The summed E-state index contributed by atoms with van der Waals surface area (Å²) in [5.41, 5.74) is 0. The van der Waals surface area contributed by atoms with Crippen LogP contribution in [0.5, 0.6) is 0 Å². The van der Waals surface area contributed by atoms with Crippen LogP contribution in [0.1, 0.15) is 194 Å². The number of rotatable bonds is 43. The SMILES string of the molecule is CC/C=C/C/C=C/C/C=C/C/C=C/CCCCCC(=O)OC(COCCC(C(=O)O)[N+](C)(C)C)COC(=O)CCCCCCCCCCCCCCCC/C=C/C/C=C/CC. The van der Waals surface area contributed by atoms with Crippen molar-refractivity contribution in [1.82, 2.24) is 0 Å². The highest BCUT2D eigenvalue weighted by molar-refractivity contribution is 5.72. The first-order valence-corrected chi connectivity index (χ1v) is 24.5. The summed E-state index contributed by atoms with van der Waals surface area (Å²) in [7, 11) is 5.52. The van der Waals surface area contributed by atoms with Crippen molar-refractivity contribution < 1.29 is 38.2 Å². The van der Waals surface area contributed by atoms with Gasteiger partial charge in [-0.25, -0.2) is 4.79 Å². The Labute approximate surface area is 374 Å². The molecular formula is C53H92NO7+. The van der Waals surface area contributed by atoms with Crippen molar-refractivity contribution in [3.05, 3.63) is 72.9 Å². The number of aliphatic carboxylic acids is 1. The summed E-state index contributed by atoms with van der Waals surface area (Å²) in [6.07, 6.45) is 55.3. The zero-order chi connectivity index (χ0) is 44.9. The van der Waals surface area contributed by atoms with Crippen molar-refractivity contribution in [2.24, 2.45) is 0 Å². The van der Waals surface area contributed by atoms with E-state index in [2.05, 4.69) is 86.8 Å². The lowest BCUT2D eigenvalue weighted by Gasteiger charge is -2.31. The maximum absolute atomic E-state index is 12.7. The van der Waals surface area contributed by atoms with Crippen LogP contribution in [0.3, 0.4) is 0 Å². The molecule has 0 aliphatic heterocycles. The summed E-state index contributed by atoms with van der Waals surface area (Å²) in [5, 5.41) is 9.64. The molecular weight excluding hydrogens is 763 g/mol. The molecule has 0 rings (SSSR count). The number of hydrogen-bond acceptors (Lipinski definition) is 6. The van der Waals surface area contributed by atoms with Crippen molar-refractivity contribution >= 4 is 17.9 Å². The van der Waals surface area contributed by atoms with Crippen LogP contribution in [-0.2, 0) is 28.6 Å². The topological polar surface area (TPSA) is 99.1 Å². The van der Waals surface area contributed by atoms with Crippen LogP contribution >= 0.6 is 0 Å². The third-order valence-corrected chi connectivity index (χ3v) is 10.6. The van der Waals surface area contributed by atoms with E-state index < -0.39 is 18.1 Å². The molecule has 2 unspecified atom stereocenters. The van der Waals surface area contributed by atoms with Gasteiger partial charge in [-0.15, -0.1) is 0 Å². The maximum atomic E-state index is 12.7. The molecule has 0 amide bonds. The van der Waals surface area contributed by atoms with Gasteiger partial charge in [0.25, 0.3) is 0 Å². The minimum atomic E-state index is -0.882. The molecule has 0 saturated heterocycles. The average molecular weight is 855 g/mol. The number of carbonyl (C=O) groups excluding carboxylic acids is 2. The molecule has 0 spiro atoms. The number of nitrogens with zero attached hydrogens (tertiary/aromatic N) is 1. The van der Waals surface area contributed by atoms with E-state index in [9.17, 15) is 19.5 Å². The first kappa shape index (κ1) is 57.8. The van der Waals surface area contributed by atoms with Gasteiger partial charge in [0.05, 0.1) is 34.4 Å². The largest absolute Gasteiger partial charge is 0.477 e. The Morgan fingerprint density at radius 3 is 1.30 bits per heavy atom. The van der Waals surface area contributed by atoms with Gasteiger partial charge in [-0.05, 0) is 77.0 Å². The van der Waals surface area contributed by atoms with Crippen molar-refractivity contribution in [2.45, 2.75) is 206 Å². The molecule has 0 aliphatic rings. The first-order valence-electron chi connectivity index (χ1n) is 24.5. The molecule has 8 nitrogen and oxygen atoms in total. The van der Waals surface area contributed by atoms with Crippen LogP contribution in [0.4, 0.5) is 0 Å². The third-order valence-electron chi connectivity index (χ3n) is 10.6. The lowest BCUT2D eigenvalue weighted by atomic mass is 10.0. The molecule has 0 heterocycles. The number of carbonyl (C=O) groups is 3. The zero-order valence-electron chi connectivity index (χ0n) is 39.8. The second kappa shape index (κ2) is 43.4. The normalized spacial score (nSPS) is 13.5. The summed E-state index contributed by atoms with van der Waals surface area (Å²) in [5.74, 6) is -1.51. The first-order chi connectivity index (χ1) is 29.6. The maximum Gasteiger partial charge on any atom is 0.362 e. The minimum absolute atomic E-state index is 0.0458. The highest BCUT2D eigenvalue weighted by Crippen LogP contribution is 2.15. The predicted octanol–water partition coefficient (Wildman–Crippen LogP) is 13.9. The number of carboxylic acid groups (broad SMARTS) is 1. The Kier molecular flexibility index (Phi) is 41.1. The molecule has 0 fully saturated rings. The van der Waals surface area contributed by atoms with E-state index in [0.717, 1.165) is 83.5 Å². The van der Waals surface area contributed by atoms with Crippen molar-refractivity contribution in [1.29, 1.82) is 0 Å². The summed E-state index contributed by atoms with van der Waals surface area (Å²) in [6, 6.07) is -0.623. The number of likely N-dealkylation sites (N-methyl/N-ethyl adjacent to an activating group) is 1. The highest BCUT2D eigenvalue weighted by atomic mass is 16.6. The molecule has 2 atom stereocenters. The van der Waals surface area contributed by atoms with Gasteiger partial charge in [0.1, 0.15) is 6.61 Å². The van der Waals surface area contributed by atoms with Gasteiger partial charge in [-0.3, -0.25) is 9.59 Å². The number of esters is 2. The van der Waals surface area contributed by atoms with E-state index in [4.69, 9.17) is 14.2 Å².